The van der Waals surface area contributed by atoms with Crippen molar-refractivity contribution >= 4 is 15.7 Å². The van der Waals surface area contributed by atoms with Gasteiger partial charge in [0.05, 0.1) is 17.5 Å². The lowest BCUT2D eigenvalue weighted by molar-refractivity contribution is -0.137. The molecule has 0 spiro atoms. The zero-order valence-corrected chi connectivity index (χ0v) is 14.1. The Morgan fingerprint density at radius 2 is 1.62 bits per heavy atom. The van der Waals surface area contributed by atoms with Gasteiger partial charge in [-0.2, -0.15) is 0 Å². The monoisotopic (exact) mass is 316 g/mol. The van der Waals surface area contributed by atoms with Crippen LogP contribution in [0.2, 0.25) is 0 Å². The molecule has 122 valence electrons. The summed E-state index contributed by atoms with van der Waals surface area (Å²) in [6.45, 7) is 3.99. The lowest BCUT2D eigenvalue weighted by atomic mass is 10.1. The van der Waals surface area contributed by atoms with E-state index in [9.17, 15) is 13.2 Å². The van der Waals surface area contributed by atoms with Crippen molar-refractivity contribution in [3.63, 3.8) is 0 Å². The van der Waals surface area contributed by atoms with Crippen LogP contribution in [0.5, 0.6) is 0 Å². The summed E-state index contributed by atoms with van der Waals surface area (Å²) in [7, 11) is -1.04. The smallest absolute Gasteiger partial charge is 0.239 e. The van der Waals surface area contributed by atoms with Crippen LogP contribution in [0.1, 0.15) is 45.4 Å². The van der Waals surface area contributed by atoms with E-state index in [1.807, 2.05) is 14.0 Å². The summed E-state index contributed by atoms with van der Waals surface area (Å²) in [6, 6.07) is -0.0120. The number of carbonyl (C=O) groups is 1. The van der Waals surface area contributed by atoms with Crippen LogP contribution in [0.25, 0.3) is 0 Å². The quantitative estimate of drug-likeness (QED) is 0.787. The van der Waals surface area contributed by atoms with Gasteiger partial charge in [-0.3, -0.25) is 9.69 Å². The van der Waals surface area contributed by atoms with E-state index in [-0.39, 0.29) is 29.5 Å². The van der Waals surface area contributed by atoms with E-state index in [0.717, 1.165) is 13.1 Å². The number of likely N-dealkylation sites (N-methyl/N-ethyl adjacent to an activating group) is 1. The maximum atomic E-state index is 12.6. The zero-order chi connectivity index (χ0) is 15.5. The normalized spacial score (nSPS) is 26.0. The molecule has 0 radical (unpaired) electrons. The van der Waals surface area contributed by atoms with Gasteiger partial charge in [-0.1, -0.05) is 12.8 Å². The Bertz CT molecular complexity index is 442. The Balaban J connectivity index is 1.92. The van der Waals surface area contributed by atoms with Gasteiger partial charge >= 0.3 is 0 Å². The summed E-state index contributed by atoms with van der Waals surface area (Å²) >= 11 is 0. The van der Waals surface area contributed by atoms with Gasteiger partial charge in [-0.15, -0.1) is 0 Å². The van der Waals surface area contributed by atoms with Crippen LogP contribution in [0.15, 0.2) is 0 Å². The van der Waals surface area contributed by atoms with Gasteiger partial charge in [0, 0.05) is 13.1 Å². The molecule has 1 atom stereocenters. The highest BCUT2D eigenvalue weighted by Crippen LogP contribution is 2.20. The van der Waals surface area contributed by atoms with Gasteiger partial charge in [0.25, 0.3) is 0 Å². The minimum atomic E-state index is -2.87. The van der Waals surface area contributed by atoms with Crippen molar-refractivity contribution in [3.8, 4) is 0 Å². The van der Waals surface area contributed by atoms with E-state index in [2.05, 4.69) is 4.90 Å². The minimum Gasteiger partial charge on any atom is -0.341 e. The molecule has 0 unspecified atom stereocenters. The van der Waals surface area contributed by atoms with Crippen LogP contribution >= 0.6 is 0 Å². The van der Waals surface area contributed by atoms with Crippen molar-refractivity contribution in [1.29, 1.82) is 0 Å². The predicted octanol–water partition coefficient (Wildman–Crippen LogP) is 1.29. The summed E-state index contributed by atoms with van der Waals surface area (Å²) < 4.78 is 23.0. The molecular formula is C15H28N2O3S. The maximum Gasteiger partial charge on any atom is 0.239 e. The molecule has 2 fully saturated rings. The van der Waals surface area contributed by atoms with Crippen LogP contribution < -0.4 is 0 Å². The van der Waals surface area contributed by atoms with Gasteiger partial charge in [0.2, 0.25) is 5.91 Å². The first-order valence-corrected chi connectivity index (χ1v) is 9.94. The van der Waals surface area contributed by atoms with E-state index in [0.29, 0.717) is 12.8 Å². The number of sulfone groups is 1. The van der Waals surface area contributed by atoms with Gasteiger partial charge in [-0.05, 0) is 45.7 Å². The largest absolute Gasteiger partial charge is 0.341 e. The first-order chi connectivity index (χ1) is 9.91. The van der Waals surface area contributed by atoms with Crippen molar-refractivity contribution in [2.75, 3.05) is 31.6 Å². The molecule has 2 aliphatic heterocycles. The second kappa shape index (κ2) is 7.09. The first-order valence-electron chi connectivity index (χ1n) is 8.12. The Morgan fingerprint density at radius 3 is 2.14 bits per heavy atom. The van der Waals surface area contributed by atoms with Gasteiger partial charge < -0.3 is 4.90 Å². The SMILES string of the molecule is C[C@H](C(=O)N(C)C1CCS(=O)(=O)CC1)N1CCCCCC1. The van der Waals surface area contributed by atoms with Crippen molar-refractivity contribution in [2.45, 2.75) is 57.5 Å². The van der Waals surface area contributed by atoms with E-state index in [4.69, 9.17) is 0 Å². The van der Waals surface area contributed by atoms with E-state index in [1.165, 1.54) is 25.7 Å². The Hall–Kier alpha value is -0.620. The summed E-state index contributed by atoms with van der Waals surface area (Å²) in [6.07, 6.45) is 6.02. The van der Waals surface area contributed by atoms with Crippen LogP contribution in [0.4, 0.5) is 0 Å². The standard InChI is InChI=1S/C15H28N2O3S/c1-13(17-9-5-3-4-6-10-17)15(18)16(2)14-7-11-21(19,20)12-8-14/h13-14H,3-12H2,1-2H3/t13-/m1/s1. The number of hydrogen-bond acceptors (Lipinski definition) is 4. The van der Waals surface area contributed by atoms with Crippen LogP contribution in [0.3, 0.4) is 0 Å². The average molecular weight is 316 g/mol. The highest BCUT2D eigenvalue weighted by molar-refractivity contribution is 7.91. The number of likely N-dealkylation sites (tertiary alicyclic amines) is 1. The molecule has 5 nitrogen and oxygen atoms in total. The van der Waals surface area contributed by atoms with Crippen LogP contribution in [-0.4, -0.2) is 67.9 Å². The molecule has 6 heteroatoms. The van der Waals surface area contributed by atoms with E-state index < -0.39 is 9.84 Å². The number of rotatable bonds is 3. The van der Waals surface area contributed by atoms with Crippen molar-refractivity contribution < 1.29 is 13.2 Å². The summed E-state index contributed by atoms with van der Waals surface area (Å²) in [5.74, 6) is 0.571. The molecule has 2 saturated heterocycles. The first kappa shape index (κ1) is 16.7. The lowest BCUT2D eigenvalue weighted by Gasteiger charge is -2.36. The van der Waals surface area contributed by atoms with Crippen molar-refractivity contribution in [3.05, 3.63) is 0 Å². The third kappa shape index (κ3) is 4.42. The highest BCUT2D eigenvalue weighted by atomic mass is 32.2. The Kier molecular flexibility index (Phi) is 5.66. The summed E-state index contributed by atoms with van der Waals surface area (Å²) in [4.78, 5) is 16.7. The number of amides is 1. The fourth-order valence-electron chi connectivity index (χ4n) is 3.38. The second-order valence-corrected chi connectivity index (χ2v) is 8.76. The molecular weight excluding hydrogens is 288 g/mol. The average Bonchev–Trinajstić information content (AvgIpc) is 2.74. The lowest BCUT2D eigenvalue weighted by Crippen LogP contribution is -2.51. The molecule has 0 aromatic rings. The number of nitrogens with zero attached hydrogens (tertiary/aromatic N) is 2. The Labute approximate surface area is 128 Å². The molecule has 0 bridgehead atoms. The van der Waals surface area contributed by atoms with Gasteiger partial charge in [0.15, 0.2) is 0 Å². The zero-order valence-electron chi connectivity index (χ0n) is 13.3. The van der Waals surface area contributed by atoms with Crippen molar-refractivity contribution in [1.82, 2.24) is 9.80 Å². The molecule has 0 aromatic carbocycles. The van der Waals surface area contributed by atoms with Crippen LogP contribution in [-0.2, 0) is 14.6 Å². The number of hydrogen-bond donors (Lipinski definition) is 0. The van der Waals surface area contributed by atoms with Crippen LogP contribution in [0, 0.1) is 0 Å². The molecule has 21 heavy (non-hydrogen) atoms. The Morgan fingerprint density at radius 1 is 1.10 bits per heavy atom. The third-order valence-electron chi connectivity index (χ3n) is 4.97. The molecule has 0 saturated carbocycles. The van der Waals surface area contributed by atoms with Gasteiger partial charge in [-0.25, -0.2) is 8.42 Å². The maximum absolute atomic E-state index is 12.6. The second-order valence-electron chi connectivity index (χ2n) is 6.46. The molecule has 2 rings (SSSR count). The van der Waals surface area contributed by atoms with Crippen molar-refractivity contribution in [2.24, 2.45) is 0 Å². The molecule has 1 amide bonds. The predicted molar refractivity (Wildman–Crippen MR) is 83.9 cm³/mol. The fourth-order valence-corrected chi connectivity index (χ4v) is 4.84. The third-order valence-corrected chi connectivity index (χ3v) is 6.68. The number of carbonyl (C=O) groups excluding carboxylic acids is 1. The molecule has 0 N–H and O–H groups in total. The highest BCUT2D eigenvalue weighted by Gasteiger charge is 2.32. The van der Waals surface area contributed by atoms with E-state index >= 15 is 0 Å². The summed E-state index contributed by atoms with van der Waals surface area (Å²) in [5, 5.41) is 0. The minimum absolute atomic E-state index is 0.0791. The van der Waals surface area contributed by atoms with E-state index in [1.54, 1.807) is 4.90 Å². The molecule has 0 aromatic heterocycles. The molecule has 2 heterocycles. The molecule has 0 aliphatic carbocycles. The molecule has 2 aliphatic rings. The van der Waals surface area contributed by atoms with Gasteiger partial charge in [0.1, 0.15) is 9.84 Å². The fraction of sp³-hybridized carbons (Fsp3) is 0.933. The summed E-state index contributed by atoms with van der Waals surface area (Å²) in [5.41, 5.74) is 0. The topological polar surface area (TPSA) is 57.7 Å².